The standard InChI is InChI=1S/C17H14N9O2P/c1-20-11-5-17(6-11,3-4-18)26-8-10(7-21-26)14-13-12(15(19)27)9-25(29(2)28)16(13)23-24-22-14/h7-9,11H,3,5-6H2,2H3,(H-,19,27)/p+1. The lowest BCUT2D eigenvalue weighted by molar-refractivity contribution is 0.100. The van der Waals surface area contributed by atoms with E-state index in [9.17, 15) is 14.6 Å². The van der Waals surface area contributed by atoms with E-state index in [1.165, 1.54) is 17.2 Å². The van der Waals surface area contributed by atoms with E-state index in [1.807, 2.05) is 0 Å². The van der Waals surface area contributed by atoms with E-state index in [-0.39, 0.29) is 23.7 Å². The molecule has 0 aromatic carbocycles. The maximum atomic E-state index is 12.1. The number of hydrogen-bond donors (Lipinski definition) is 1. The summed E-state index contributed by atoms with van der Waals surface area (Å²) < 4.78 is 15.1. The summed E-state index contributed by atoms with van der Waals surface area (Å²) in [7, 11) is -1.86. The summed E-state index contributed by atoms with van der Waals surface area (Å²) in [6, 6.07) is 2.05. The molecule has 144 valence electrons. The Labute approximate surface area is 165 Å². The van der Waals surface area contributed by atoms with Crippen molar-refractivity contribution in [2.45, 2.75) is 30.8 Å². The van der Waals surface area contributed by atoms with Crippen LogP contribution in [-0.2, 0) is 10.1 Å². The summed E-state index contributed by atoms with van der Waals surface area (Å²) in [6.45, 7) is 8.66. The predicted octanol–water partition coefficient (Wildman–Crippen LogP) is 1.70. The zero-order chi connectivity index (χ0) is 20.8. The van der Waals surface area contributed by atoms with E-state index >= 15 is 0 Å². The molecule has 11 nitrogen and oxygen atoms in total. The number of primary amides is 1. The van der Waals surface area contributed by atoms with E-state index in [4.69, 9.17) is 12.3 Å². The van der Waals surface area contributed by atoms with Gasteiger partial charge in [-0.25, -0.2) is 6.57 Å². The molecule has 4 rings (SSSR count). The van der Waals surface area contributed by atoms with Crippen LogP contribution in [0, 0.1) is 17.9 Å². The number of nitrogens with two attached hydrogens (primary N) is 1. The van der Waals surface area contributed by atoms with E-state index in [1.54, 1.807) is 17.1 Å². The maximum absolute atomic E-state index is 12.1. The van der Waals surface area contributed by atoms with Crippen LogP contribution < -0.4 is 5.73 Å². The molecule has 1 aliphatic carbocycles. The highest BCUT2D eigenvalue weighted by molar-refractivity contribution is 7.42. The normalized spacial score (nSPS) is 21.2. The number of hydrogen-bond acceptors (Lipinski definition) is 7. The van der Waals surface area contributed by atoms with Crippen molar-refractivity contribution in [2.24, 2.45) is 5.73 Å². The highest BCUT2D eigenvalue weighted by atomic mass is 31.1. The molecule has 1 saturated carbocycles. The second-order valence-corrected chi connectivity index (χ2v) is 8.34. The van der Waals surface area contributed by atoms with Gasteiger partial charge in [-0.3, -0.25) is 9.48 Å². The van der Waals surface area contributed by atoms with Crippen LogP contribution in [0.25, 0.3) is 27.1 Å². The van der Waals surface area contributed by atoms with Gasteiger partial charge in [0.25, 0.3) is 5.91 Å². The largest absolute Gasteiger partial charge is 0.464 e. The van der Waals surface area contributed by atoms with Crippen molar-refractivity contribution >= 4 is 24.9 Å². The van der Waals surface area contributed by atoms with Crippen LogP contribution in [0.2, 0.25) is 0 Å². The molecular formula is C17H15N9O2P+. The van der Waals surface area contributed by atoms with Gasteiger partial charge < -0.3 is 10.6 Å². The molecule has 12 heteroatoms. The summed E-state index contributed by atoms with van der Waals surface area (Å²) in [4.78, 5) is 15.5. The second kappa shape index (κ2) is 6.73. The Morgan fingerprint density at radius 2 is 2.24 bits per heavy atom. The molecule has 29 heavy (non-hydrogen) atoms. The van der Waals surface area contributed by atoms with Crippen molar-refractivity contribution < 1.29 is 9.36 Å². The molecule has 1 atom stereocenters. The minimum absolute atomic E-state index is 0.125. The second-order valence-electron chi connectivity index (χ2n) is 6.98. The fourth-order valence-electron chi connectivity index (χ4n) is 3.75. The molecule has 0 spiro atoms. The first-order valence-corrected chi connectivity index (χ1v) is 10.3. The zero-order valence-corrected chi connectivity index (χ0v) is 16.2. The van der Waals surface area contributed by atoms with Gasteiger partial charge in [-0.05, 0) is 9.78 Å². The van der Waals surface area contributed by atoms with Gasteiger partial charge in [-0.2, -0.15) is 10.4 Å². The predicted molar refractivity (Wildman–Crippen MR) is 102 cm³/mol. The van der Waals surface area contributed by atoms with E-state index < -0.39 is 19.4 Å². The van der Waals surface area contributed by atoms with Crippen molar-refractivity contribution in [2.75, 3.05) is 6.66 Å². The number of amides is 1. The maximum Gasteiger partial charge on any atom is 0.464 e. The number of aromatic nitrogens is 6. The number of nitriles is 1. The van der Waals surface area contributed by atoms with E-state index in [0.29, 0.717) is 29.5 Å². The molecular weight excluding hydrogens is 393 g/mol. The van der Waals surface area contributed by atoms with Gasteiger partial charge in [0.05, 0.1) is 41.4 Å². The number of fused-ring (bicyclic) bond motifs is 1. The van der Waals surface area contributed by atoms with Crippen LogP contribution in [0.4, 0.5) is 0 Å². The average molecular weight is 408 g/mol. The molecule has 1 aliphatic rings. The lowest BCUT2D eigenvalue weighted by atomic mass is 9.71. The third-order valence-corrected chi connectivity index (χ3v) is 6.13. The summed E-state index contributed by atoms with van der Waals surface area (Å²) in [5.41, 5.74) is 6.24. The van der Waals surface area contributed by atoms with Crippen LogP contribution in [0.5, 0.6) is 0 Å². The van der Waals surface area contributed by atoms with Crippen molar-refractivity contribution in [3.8, 4) is 17.3 Å². The molecule has 3 heterocycles. The molecule has 3 aromatic heterocycles. The Morgan fingerprint density at radius 1 is 1.48 bits per heavy atom. The van der Waals surface area contributed by atoms with Gasteiger partial charge in [-0.1, -0.05) is 0 Å². The van der Waals surface area contributed by atoms with Crippen LogP contribution in [0.15, 0.2) is 18.6 Å². The van der Waals surface area contributed by atoms with Crippen LogP contribution in [0.1, 0.15) is 29.6 Å². The molecule has 0 saturated heterocycles. The van der Waals surface area contributed by atoms with Crippen molar-refractivity contribution in [3.05, 3.63) is 35.6 Å². The first-order valence-electron chi connectivity index (χ1n) is 8.64. The molecule has 1 fully saturated rings. The minimum Gasteiger partial charge on any atom is -0.366 e. The molecule has 0 radical (unpaired) electrons. The van der Waals surface area contributed by atoms with Gasteiger partial charge in [0.1, 0.15) is 5.69 Å². The average Bonchev–Trinajstić information content (AvgIpc) is 3.29. The third kappa shape index (κ3) is 2.84. The van der Waals surface area contributed by atoms with Gasteiger partial charge >= 0.3 is 7.95 Å². The fourth-order valence-corrected chi connectivity index (χ4v) is 4.43. The first-order chi connectivity index (χ1) is 13.9. The van der Waals surface area contributed by atoms with Crippen molar-refractivity contribution in [1.29, 1.82) is 5.26 Å². The quantitative estimate of drug-likeness (QED) is 0.498. The minimum atomic E-state index is -1.86. The SMILES string of the molecule is [C-]#[N+]C1CC(CC#N)(n2cc(-c3nnnc4c3c(C(N)=O)cn4[P+](C)=O)cn2)C1. The summed E-state index contributed by atoms with van der Waals surface area (Å²) in [6.07, 6.45) is 5.98. The van der Waals surface area contributed by atoms with Gasteiger partial charge in [0.15, 0.2) is 6.66 Å². The smallest absolute Gasteiger partial charge is 0.366 e. The van der Waals surface area contributed by atoms with Crippen molar-refractivity contribution in [1.82, 2.24) is 29.5 Å². The van der Waals surface area contributed by atoms with Gasteiger partial charge in [-0.15, -0.1) is 14.5 Å². The van der Waals surface area contributed by atoms with Crippen molar-refractivity contribution in [3.63, 3.8) is 0 Å². The zero-order valence-electron chi connectivity index (χ0n) is 15.3. The van der Waals surface area contributed by atoms with Crippen LogP contribution in [0.3, 0.4) is 0 Å². The third-order valence-electron chi connectivity index (χ3n) is 5.22. The van der Waals surface area contributed by atoms with Crippen LogP contribution >= 0.6 is 7.95 Å². The number of nitrogens with zero attached hydrogens (tertiary/aromatic N) is 8. The monoisotopic (exact) mass is 408 g/mol. The molecule has 1 amide bonds. The number of rotatable bonds is 5. The Bertz CT molecular complexity index is 1240. The fraction of sp³-hybridized carbons (Fsp3) is 0.353. The Kier molecular flexibility index (Phi) is 4.33. The molecule has 0 bridgehead atoms. The van der Waals surface area contributed by atoms with Gasteiger partial charge in [0.2, 0.25) is 11.7 Å². The Hall–Kier alpha value is -3.69. The highest BCUT2D eigenvalue weighted by Gasteiger charge is 2.50. The van der Waals surface area contributed by atoms with Crippen LogP contribution in [-0.4, -0.2) is 48.1 Å². The van der Waals surface area contributed by atoms with E-state index in [2.05, 4.69) is 31.4 Å². The van der Waals surface area contributed by atoms with Gasteiger partial charge in [0, 0.05) is 24.6 Å². The molecule has 0 aliphatic heterocycles. The lowest BCUT2D eigenvalue weighted by Crippen LogP contribution is -2.48. The first kappa shape index (κ1) is 18.7. The number of carbonyl (C=O) groups is 1. The Morgan fingerprint density at radius 3 is 2.86 bits per heavy atom. The molecule has 2 N–H and O–H groups in total. The molecule has 3 aromatic rings. The van der Waals surface area contributed by atoms with E-state index in [0.717, 1.165) is 0 Å². The summed E-state index contributed by atoms with van der Waals surface area (Å²) in [5.74, 6) is -0.700. The lowest BCUT2D eigenvalue weighted by Gasteiger charge is -2.40. The number of carbonyl (C=O) groups excluding carboxylic acids is 1. The topological polar surface area (TPSA) is 150 Å². The Balaban J connectivity index is 1.85. The summed E-state index contributed by atoms with van der Waals surface area (Å²) in [5, 5.41) is 25.7. The molecule has 1 unspecified atom stereocenters. The highest BCUT2D eigenvalue weighted by Crippen LogP contribution is 2.44. The summed E-state index contributed by atoms with van der Waals surface area (Å²) >= 11 is 0.